The summed E-state index contributed by atoms with van der Waals surface area (Å²) in [5, 5.41) is 0. The van der Waals surface area contributed by atoms with Crippen molar-refractivity contribution in [2.75, 3.05) is 6.54 Å². The molecule has 0 aromatic carbocycles. The molecule has 2 nitrogen and oxygen atoms in total. The molecule has 108 valence electrons. The molecule has 0 heterocycles. The first kappa shape index (κ1) is 16.0. The van der Waals surface area contributed by atoms with Crippen molar-refractivity contribution in [3.8, 4) is 0 Å². The second-order valence-electron chi connectivity index (χ2n) is 6.15. The molecule has 0 radical (unpaired) electrons. The Morgan fingerprint density at radius 2 is 1.72 bits per heavy atom. The van der Waals surface area contributed by atoms with Crippen LogP contribution in [0.1, 0.15) is 78.6 Å². The molecular weight excluding hydrogens is 220 g/mol. The van der Waals surface area contributed by atoms with E-state index in [1.54, 1.807) is 0 Å². The van der Waals surface area contributed by atoms with Crippen molar-refractivity contribution in [3.05, 3.63) is 0 Å². The molecule has 0 bridgehead atoms. The maximum atomic E-state index is 6.03. The third-order valence-corrected chi connectivity index (χ3v) is 4.48. The third kappa shape index (κ3) is 5.27. The van der Waals surface area contributed by atoms with Gasteiger partial charge < -0.3 is 5.73 Å². The molecule has 0 spiro atoms. The standard InChI is InChI=1S/C16H34N2/c1-4-6-7-8-14(3)18(13-5-2)16-11-9-15(17)10-12-16/h14-16H,4-13,17H2,1-3H3. The minimum Gasteiger partial charge on any atom is -0.328 e. The lowest BCUT2D eigenvalue weighted by Crippen LogP contribution is -2.45. The van der Waals surface area contributed by atoms with Crippen LogP contribution in [-0.4, -0.2) is 29.6 Å². The molecule has 0 aromatic heterocycles. The van der Waals surface area contributed by atoms with Gasteiger partial charge in [0, 0.05) is 18.1 Å². The van der Waals surface area contributed by atoms with Crippen LogP contribution < -0.4 is 5.73 Å². The van der Waals surface area contributed by atoms with E-state index in [2.05, 4.69) is 25.7 Å². The van der Waals surface area contributed by atoms with Crippen LogP contribution in [0.15, 0.2) is 0 Å². The lowest BCUT2D eigenvalue weighted by Gasteiger charge is -2.40. The third-order valence-electron chi connectivity index (χ3n) is 4.48. The van der Waals surface area contributed by atoms with Crippen molar-refractivity contribution >= 4 is 0 Å². The average Bonchev–Trinajstić information content (AvgIpc) is 2.37. The van der Waals surface area contributed by atoms with Gasteiger partial charge in [-0.25, -0.2) is 0 Å². The van der Waals surface area contributed by atoms with Crippen LogP contribution in [0.25, 0.3) is 0 Å². The zero-order chi connectivity index (χ0) is 13.4. The average molecular weight is 254 g/mol. The van der Waals surface area contributed by atoms with Gasteiger partial charge in [-0.15, -0.1) is 0 Å². The molecule has 0 amide bonds. The number of rotatable bonds is 8. The fraction of sp³-hybridized carbons (Fsp3) is 1.00. The largest absolute Gasteiger partial charge is 0.328 e. The van der Waals surface area contributed by atoms with Crippen LogP contribution in [0.2, 0.25) is 0 Å². The van der Waals surface area contributed by atoms with Crippen LogP contribution in [0.3, 0.4) is 0 Å². The van der Waals surface area contributed by atoms with E-state index >= 15 is 0 Å². The Kier molecular flexibility index (Phi) is 7.92. The van der Waals surface area contributed by atoms with E-state index in [0.717, 1.165) is 12.1 Å². The smallest absolute Gasteiger partial charge is 0.00992 e. The van der Waals surface area contributed by atoms with Crippen molar-refractivity contribution in [2.45, 2.75) is 96.7 Å². The van der Waals surface area contributed by atoms with E-state index in [9.17, 15) is 0 Å². The van der Waals surface area contributed by atoms with Gasteiger partial charge in [0.1, 0.15) is 0 Å². The van der Waals surface area contributed by atoms with Gasteiger partial charge in [-0.3, -0.25) is 4.90 Å². The van der Waals surface area contributed by atoms with Gasteiger partial charge in [-0.05, 0) is 52.0 Å². The molecular formula is C16H34N2. The monoisotopic (exact) mass is 254 g/mol. The summed E-state index contributed by atoms with van der Waals surface area (Å²) < 4.78 is 0. The highest BCUT2D eigenvalue weighted by molar-refractivity contribution is 4.83. The fourth-order valence-electron chi connectivity index (χ4n) is 3.31. The van der Waals surface area contributed by atoms with Gasteiger partial charge in [0.2, 0.25) is 0 Å². The number of nitrogens with two attached hydrogens (primary N) is 1. The van der Waals surface area contributed by atoms with Crippen molar-refractivity contribution in [1.29, 1.82) is 0 Å². The lowest BCUT2D eigenvalue weighted by molar-refractivity contribution is 0.101. The summed E-state index contributed by atoms with van der Waals surface area (Å²) in [5.41, 5.74) is 6.03. The summed E-state index contributed by atoms with van der Waals surface area (Å²) in [6.07, 6.45) is 11.9. The minimum atomic E-state index is 0.472. The van der Waals surface area contributed by atoms with E-state index in [-0.39, 0.29) is 0 Å². The molecule has 1 fully saturated rings. The summed E-state index contributed by atoms with van der Waals surface area (Å²) in [4.78, 5) is 2.78. The van der Waals surface area contributed by atoms with E-state index in [0.29, 0.717) is 6.04 Å². The summed E-state index contributed by atoms with van der Waals surface area (Å²) in [6, 6.07) is 2.04. The van der Waals surface area contributed by atoms with E-state index in [4.69, 9.17) is 5.73 Å². The van der Waals surface area contributed by atoms with Gasteiger partial charge in [0.15, 0.2) is 0 Å². The maximum Gasteiger partial charge on any atom is 0.00992 e. The fourth-order valence-corrected chi connectivity index (χ4v) is 3.31. The maximum absolute atomic E-state index is 6.03. The number of unbranched alkanes of at least 4 members (excludes halogenated alkanes) is 2. The van der Waals surface area contributed by atoms with Gasteiger partial charge in [0.05, 0.1) is 0 Å². The Balaban J connectivity index is 2.41. The zero-order valence-corrected chi connectivity index (χ0v) is 12.8. The predicted octanol–water partition coefficient (Wildman–Crippen LogP) is 3.94. The topological polar surface area (TPSA) is 29.3 Å². The highest BCUT2D eigenvalue weighted by atomic mass is 15.2. The molecule has 2 N–H and O–H groups in total. The van der Waals surface area contributed by atoms with E-state index in [1.165, 1.54) is 64.3 Å². The van der Waals surface area contributed by atoms with Gasteiger partial charge >= 0.3 is 0 Å². The van der Waals surface area contributed by atoms with Gasteiger partial charge in [0.25, 0.3) is 0 Å². The van der Waals surface area contributed by atoms with Crippen LogP contribution >= 0.6 is 0 Å². The Morgan fingerprint density at radius 3 is 2.28 bits per heavy atom. The first-order chi connectivity index (χ1) is 8.69. The molecule has 0 saturated heterocycles. The molecule has 1 atom stereocenters. The molecule has 0 aromatic rings. The second-order valence-corrected chi connectivity index (χ2v) is 6.15. The Labute approximate surface area is 114 Å². The van der Waals surface area contributed by atoms with E-state index in [1.807, 2.05) is 0 Å². The lowest BCUT2D eigenvalue weighted by atomic mass is 9.89. The highest BCUT2D eigenvalue weighted by Gasteiger charge is 2.26. The normalized spacial score (nSPS) is 26.5. The van der Waals surface area contributed by atoms with Crippen molar-refractivity contribution < 1.29 is 0 Å². The van der Waals surface area contributed by atoms with Crippen LogP contribution in [0, 0.1) is 0 Å². The minimum absolute atomic E-state index is 0.472. The van der Waals surface area contributed by atoms with Crippen LogP contribution in [0.4, 0.5) is 0 Å². The molecule has 2 heteroatoms. The molecule has 18 heavy (non-hydrogen) atoms. The van der Waals surface area contributed by atoms with Gasteiger partial charge in [-0.1, -0.05) is 33.1 Å². The van der Waals surface area contributed by atoms with Crippen molar-refractivity contribution in [3.63, 3.8) is 0 Å². The number of hydrogen-bond acceptors (Lipinski definition) is 2. The van der Waals surface area contributed by atoms with Crippen molar-refractivity contribution in [1.82, 2.24) is 4.90 Å². The molecule has 1 saturated carbocycles. The Bertz CT molecular complexity index is 197. The van der Waals surface area contributed by atoms with E-state index < -0.39 is 0 Å². The quantitative estimate of drug-likeness (QED) is 0.665. The predicted molar refractivity (Wildman–Crippen MR) is 80.8 cm³/mol. The molecule has 1 rings (SSSR count). The van der Waals surface area contributed by atoms with Crippen LogP contribution in [0.5, 0.6) is 0 Å². The molecule has 1 unspecified atom stereocenters. The summed E-state index contributed by atoms with van der Waals surface area (Å²) in [5.74, 6) is 0. The Hall–Kier alpha value is -0.0800. The number of hydrogen-bond donors (Lipinski definition) is 1. The molecule has 1 aliphatic carbocycles. The molecule has 0 aliphatic heterocycles. The first-order valence-corrected chi connectivity index (χ1v) is 8.20. The second kappa shape index (κ2) is 8.92. The highest BCUT2D eigenvalue weighted by Crippen LogP contribution is 2.25. The number of nitrogens with zero attached hydrogens (tertiary/aromatic N) is 1. The van der Waals surface area contributed by atoms with Crippen LogP contribution in [-0.2, 0) is 0 Å². The first-order valence-electron chi connectivity index (χ1n) is 8.20. The summed E-state index contributed by atoms with van der Waals surface area (Å²) in [7, 11) is 0. The summed E-state index contributed by atoms with van der Waals surface area (Å²) >= 11 is 0. The molecule has 1 aliphatic rings. The van der Waals surface area contributed by atoms with Gasteiger partial charge in [-0.2, -0.15) is 0 Å². The summed E-state index contributed by atoms with van der Waals surface area (Å²) in [6.45, 7) is 8.30. The Morgan fingerprint density at radius 1 is 1.06 bits per heavy atom. The zero-order valence-electron chi connectivity index (χ0n) is 12.8. The van der Waals surface area contributed by atoms with Crippen molar-refractivity contribution in [2.24, 2.45) is 5.73 Å². The SMILES string of the molecule is CCCCCC(C)N(CCC)C1CCC(N)CC1.